The van der Waals surface area contributed by atoms with E-state index in [4.69, 9.17) is 2.74 Å². The number of para-hydroxylation sites is 2. The van der Waals surface area contributed by atoms with Gasteiger partial charge in [-0.2, -0.15) is 0 Å². The van der Waals surface area contributed by atoms with Gasteiger partial charge < -0.3 is 9.80 Å². The molecule has 0 aliphatic rings. The molecule has 0 spiro atoms. The zero-order valence-electron chi connectivity index (χ0n) is 59.4. The van der Waals surface area contributed by atoms with E-state index in [1.54, 1.807) is 24.3 Å². The molecule has 0 aliphatic carbocycles. The predicted octanol–water partition coefficient (Wildman–Crippen LogP) is 25.1. The third kappa shape index (κ3) is 9.92. The second-order valence-electron chi connectivity index (χ2n) is 22.6. The van der Waals surface area contributed by atoms with E-state index in [2.05, 4.69) is 0 Å². The van der Waals surface area contributed by atoms with Crippen LogP contribution < -0.4 is 9.80 Å². The van der Waals surface area contributed by atoms with Crippen molar-refractivity contribution in [2.45, 2.75) is 0 Å². The second-order valence-corrected chi connectivity index (χ2v) is 22.6. The molecule has 0 aliphatic heterocycles. The average molecular weight is 1190 g/mol. The molecule has 0 bridgehead atoms. The van der Waals surface area contributed by atoms with Gasteiger partial charge in [-0.25, -0.2) is 8.78 Å². The maximum absolute atomic E-state index is 18.9. The molecule has 0 saturated heterocycles. The molecule has 0 saturated carbocycles. The first-order chi connectivity index (χ1) is 49.7. The molecule has 92 heavy (non-hydrogen) atoms. The minimum absolute atomic E-state index is 0.134. The quantitative estimate of drug-likeness (QED) is 0.100. The van der Waals surface area contributed by atoms with Crippen molar-refractivity contribution in [3.05, 3.63) is 363 Å². The summed E-state index contributed by atoms with van der Waals surface area (Å²) >= 11 is 0. The third-order valence-corrected chi connectivity index (χ3v) is 17.4. The van der Waals surface area contributed by atoms with Crippen molar-refractivity contribution >= 4 is 66.4 Å². The number of benzene rings is 16. The largest absolute Gasteiger partial charge is 0.307 e. The Morgan fingerprint density at radius 2 is 0.489 bits per heavy atom. The van der Waals surface area contributed by atoms with Gasteiger partial charge >= 0.3 is 0 Å². The van der Waals surface area contributed by atoms with E-state index in [-0.39, 0.29) is 34.1 Å². The fraction of sp³-hybridized carbons (Fsp3) is 0. The van der Waals surface area contributed by atoms with Gasteiger partial charge in [-0.3, -0.25) is 0 Å². The Kier molecular flexibility index (Phi) is 11.7. The number of anilines is 6. The first kappa shape index (κ1) is 45.3. The molecule has 0 N–H and O–H groups in total. The highest BCUT2D eigenvalue weighted by Gasteiger charge is 2.29. The van der Waals surface area contributed by atoms with Crippen molar-refractivity contribution in [2.75, 3.05) is 9.80 Å². The van der Waals surface area contributed by atoms with E-state index in [0.717, 1.165) is 66.8 Å². The molecule has 0 radical (unpaired) electrons. The average Bonchev–Trinajstić information content (AvgIpc) is 0.710. The number of nitrogens with zero attached hydrogens (tertiary/aromatic N) is 2. The molecule has 0 amide bonds. The van der Waals surface area contributed by atoms with E-state index < -0.39 is 72.1 Å². The monoisotopic (exact) mass is 1190 g/mol. The highest BCUT2D eigenvalue weighted by atomic mass is 19.1. The summed E-state index contributed by atoms with van der Waals surface area (Å²) in [5.74, 6) is -1.55. The van der Waals surface area contributed by atoms with E-state index in [9.17, 15) is 11.0 Å². The molecule has 16 aromatic carbocycles. The summed E-state index contributed by atoms with van der Waals surface area (Å²) in [5, 5.41) is 3.44. The van der Waals surface area contributed by atoms with Crippen LogP contribution in [0.3, 0.4) is 0 Å². The lowest BCUT2D eigenvalue weighted by Crippen LogP contribution is -2.13. The fourth-order valence-electron chi connectivity index (χ4n) is 13.3. The first-order valence-electron chi connectivity index (χ1n) is 35.4. The molecule has 0 aromatic heterocycles. The Bertz CT molecular complexity index is 5570. The van der Waals surface area contributed by atoms with Gasteiger partial charge in [-0.05, 0) is 171 Å². The molecule has 0 fully saturated rings. The van der Waals surface area contributed by atoms with Crippen LogP contribution >= 0.6 is 0 Å². The van der Waals surface area contributed by atoms with Gasteiger partial charge in [-0.1, -0.05) is 291 Å². The highest BCUT2D eigenvalue weighted by Crippen LogP contribution is 2.53. The van der Waals surface area contributed by atoms with Gasteiger partial charge in [0, 0.05) is 22.1 Å². The van der Waals surface area contributed by atoms with Crippen LogP contribution in [0.25, 0.3) is 121 Å². The van der Waals surface area contributed by atoms with Crippen molar-refractivity contribution in [1.82, 2.24) is 0 Å². The molecule has 0 atom stereocenters. The van der Waals surface area contributed by atoms with Gasteiger partial charge in [0.25, 0.3) is 0 Å². The molecule has 4 heteroatoms. The van der Waals surface area contributed by atoms with Crippen LogP contribution in [0.5, 0.6) is 0 Å². The van der Waals surface area contributed by atoms with Gasteiger partial charge in [0.05, 0.1) is 36.5 Å². The van der Waals surface area contributed by atoms with Crippen LogP contribution in [0.1, 0.15) is 13.7 Å². The van der Waals surface area contributed by atoms with Gasteiger partial charge in [0.15, 0.2) is 0 Å². The Labute approximate surface area is 548 Å². The van der Waals surface area contributed by atoms with Gasteiger partial charge in [-0.15, -0.1) is 0 Å². The summed E-state index contributed by atoms with van der Waals surface area (Å²) in [6, 6.07) is 85.3. The number of hydrogen-bond acceptors (Lipinski definition) is 2. The lowest BCUT2D eigenvalue weighted by molar-refractivity contribution is 0.629. The van der Waals surface area contributed by atoms with E-state index >= 15 is 8.78 Å². The minimum atomic E-state index is -0.773. The molecule has 0 unspecified atom stereocenters. The minimum Gasteiger partial charge on any atom is -0.307 e. The second kappa shape index (κ2) is 23.8. The van der Waals surface area contributed by atoms with Gasteiger partial charge in [0.1, 0.15) is 11.6 Å². The molecule has 16 rings (SSSR count). The van der Waals surface area contributed by atoms with Crippen LogP contribution in [-0.2, 0) is 0 Å². The summed E-state index contributed by atoms with van der Waals surface area (Å²) in [6.45, 7) is 0. The van der Waals surface area contributed by atoms with Crippen LogP contribution in [0.2, 0.25) is 0 Å². The van der Waals surface area contributed by atoms with Crippen LogP contribution in [0.4, 0.5) is 42.9 Å². The smallest absolute Gasteiger partial charge is 0.147 e. The molecular formula is C88H58F2N2. The SMILES string of the molecule is [2H]c1c([2H])c([2H])c(N(c2cc(-c3ccccc3-c3ccccc3)c(-c3ccccc3-c3ccccc3)cc2F)c2ccc3ccc4c(N(c5cc(-c6ccccc6-c6ccccc6)c(-c6ccccc6-c6ccccc6)cc5F)c5c([2H])c([2H])c([2H])c([2H])c5[2H])ccc5ccc2c3c54)c([2H])c1[2H]. The molecule has 16 aromatic rings. The van der Waals surface area contributed by atoms with Crippen molar-refractivity contribution in [1.29, 1.82) is 0 Å². The van der Waals surface area contributed by atoms with E-state index in [1.165, 1.54) is 21.9 Å². The summed E-state index contributed by atoms with van der Waals surface area (Å²) in [6.07, 6.45) is 0. The maximum Gasteiger partial charge on any atom is 0.147 e. The number of rotatable bonds is 14. The van der Waals surface area contributed by atoms with Crippen molar-refractivity contribution in [3.63, 3.8) is 0 Å². The van der Waals surface area contributed by atoms with Crippen molar-refractivity contribution < 1.29 is 22.5 Å². The number of halogens is 2. The van der Waals surface area contributed by atoms with Crippen LogP contribution in [-0.4, -0.2) is 0 Å². The van der Waals surface area contributed by atoms with Crippen molar-refractivity contribution in [2.24, 2.45) is 0 Å². The normalized spacial score (nSPS) is 12.9. The highest BCUT2D eigenvalue weighted by molar-refractivity contribution is 6.28. The zero-order valence-corrected chi connectivity index (χ0v) is 49.4. The van der Waals surface area contributed by atoms with E-state index in [1.807, 2.05) is 255 Å². The maximum atomic E-state index is 18.9. The van der Waals surface area contributed by atoms with Crippen LogP contribution in [0, 0.1) is 11.6 Å². The first-order valence-corrected chi connectivity index (χ1v) is 30.4. The Hall–Kier alpha value is -12.0. The predicted molar refractivity (Wildman–Crippen MR) is 383 cm³/mol. The Morgan fingerprint density at radius 3 is 0.793 bits per heavy atom. The Morgan fingerprint density at radius 1 is 0.228 bits per heavy atom. The molecule has 2 nitrogen and oxygen atoms in total. The summed E-state index contributed by atoms with van der Waals surface area (Å²) in [5.41, 5.74) is 11.6. The summed E-state index contributed by atoms with van der Waals surface area (Å²) in [4.78, 5) is 2.84. The lowest BCUT2D eigenvalue weighted by atomic mass is 9.86. The van der Waals surface area contributed by atoms with Crippen molar-refractivity contribution in [3.8, 4) is 89.0 Å². The zero-order chi connectivity index (χ0) is 70.2. The summed E-state index contributed by atoms with van der Waals surface area (Å²) < 4.78 is 131. The third-order valence-electron chi connectivity index (χ3n) is 17.4. The number of hydrogen-bond donors (Lipinski definition) is 0. The standard InChI is InChI=1S/C88H58F2N2/c89-81-55-77(71-43-23-19-39-67(71)59-27-7-1-8-28-59)79(73-45-25-21-41-69(73)61-31-11-3-12-32-61)57-85(81)91(65-35-15-5-16-36-65)83-53-49-63-48-52-76-84(54-50-64-47-51-75(83)87(63)88(64)76)92(66-37-17-6-18-38-66)86-58-80(74-46-26-22-42-70(74)62-33-13-4-14-34-62)78(56-82(86)90)72-44-24-20-40-68(72)60-29-9-2-10-30-60/h1-58H/i5D,6D,15D,16D,17D,18D,35D,36D,37D,38D. The molecule has 0 heterocycles. The van der Waals surface area contributed by atoms with Crippen LogP contribution in [0.15, 0.2) is 352 Å². The topological polar surface area (TPSA) is 6.48 Å². The fourth-order valence-corrected chi connectivity index (χ4v) is 13.3. The van der Waals surface area contributed by atoms with E-state index in [0.29, 0.717) is 54.6 Å². The molecular weight excluding hydrogens is 1120 g/mol. The van der Waals surface area contributed by atoms with Gasteiger partial charge in [0.2, 0.25) is 0 Å². The lowest BCUT2D eigenvalue weighted by Gasteiger charge is -2.30. The summed E-state index contributed by atoms with van der Waals surface area (Å²) in [7, 11) is 0. The Balaban J connectivity index is 0.982. The molecule has 434 valence electrons.